The van der Waals surface area contributed by atoms with E-state index in [1.54, 1.807) is 37.3 Å². The first-order chi connectivity index (χ1) is 14.6. The number of benzene rings is 2. The zero-order chi connectivity index (χ0) is 22.9. The van der Waals surface area contributed by atoms with Crippen LogP contribution in [0.4, 0.5) is 10.5 Å². The van der Waals surface area contributed by atoms with Crippen molar-refractivity contribution in [3.63, 3.8) is 0 Å². The highest BCUT2D eigenvalue weighted by atomic mass is 79.9. The molecule has 0 saturated carbocycles. The Bertz CT molecular complexity index is 1140. The van der Waals surface area contributed by atoms with Gasteiger partial charge < -0.3 is 9.84 Å². The Labute approximate surface area is 198 Å². The smallest absolute Gasteiger partial charge is 0.341 e. The molecule has 0 radical (unpaired) electrons. The standard InChI is InChI=1S/C20H13Br2ClN2O6/c1-9-14(23)3-2-4-15(9)25-19(29)11(18(28)24-20(25)30)5-10-6-12(21)17(13(22)7-10)31-8-16(26)27/h2-7H,8H2,1H3,(H,26,27)(H,24,28,30)/b11-5+. The van der Waals surface area contributed by atoms with E-state index in [-0.39, 0.29) is 17.0 Å². The molecule has 2 aromatic rings. The summed E-state index contributed by atoms with van der Waals surface area (Å²) in [7, 11) is 0. The lowest BCUT2D eigenvalue weighted by molar-refractivity contribution is -0.139. The molecule has 11 heteroatoms. The Balaban J connectivity index is 2.00. The first kappa shape index (κ1) is 23.0. The number of barbiturate groups is 1. The number of ether oxygens (including phenoxy) is 1. The summed E-state index contributed by atoms with van der Waals surface area (Å²) in [6.45, 7) is 1.11. The van der Waals surface area contributed by atoms with Gasteiger partial charge in [-0.2, -0.15) is 0 Å². The van der Waals surface area contributed by atoms with Crippen molar-refractivity contribution in [1.29, 1.82) is 0 Å². The molecule has 1 heterocycles. The third-order valence-corrected chi connectivity index (χ3v) is 5.84. The largest absolute Gasteiger partial charge is 0.480 e. The number of carbonyl (C=O) groups excluding carboxylic acids is 3. The van der Waals surface area contributed by atoms with Crippen molar-refractivity contribution in [3.05, 3.63) is 61.0 Å². The van der Waals surface area contributed by atoms with Crippen molar-refractivity contribution in [2.75, 3.05) is 11.5 Å². The fourth-order valence-corrected chi connectivity index (χ4v) is 4.44. The van der Waals surface area contributed by atoms with Gasteiger partial charge in [0.05, 0.1) is 14.6 Å². The first-order valence-corrected chi connectivity index (χ1v) is 10.6. The van der Waals surface area contributed by atoms with Crippen LogP contribution in [0.3, 0.4) is 0 Å². The summed E-state index contributed by atoms with van der Waals surface area (Å²) >= 11 is 12.7. The number of urea groups is 1. The average Bonchev–Trinajstić information content (AvgIpc) is 2.67. The van der Waals surface area contributed by atoms with Gasteiger partial charge in [0.2, 0.25) is 0 Å². The monoisotopic (exact) mass is 570 g/mol. The second-order valence-electron chi connectivity index (χ2n) is 6.34. The Morgan fingerprint density at radius 1 is 1.23 bits per heavy atom. The second kappa shape index (κ2) is 9.21. The van der Waals surface area contributed by atoms with Gasteiger partial charge in [0.25, 0.3) is 11.8 Å². The number of nitrogens with one attached hydrogen (secondary N) is 1. The molecule has 0 unspecified atom stereocenters. The van der Waals surface area contributed by atoms with Gasteiger partial charge >= 0.3 is 12.0 Å². The van der Waals surface area contributed by atoms with Crippen molar-refractivity contribution in [3.8, 4) is 5.75 Å². The Morgan fingerprint density at radius 2 is 1.87 bits per heavy atom. The van der Waals surface area contributed by atoms with E-state index < -0.39 is 30.4 Å². The number of hydrogen-bond acceptors (Lipinski definition) is 5. The van der Waals surface area contributed by atoms with Gasteiger partial charge in [-0.15, -0.1) is 0 Å². The number of amides is 4. The molecular weight excluding hydrogens is 559 g/mol. The first-order valence-electron chi connectivity index (χ1n) is 8.60. The van der Waals surface area contributed by atoms with E-state index in [0.29, 0.717) is 25.1 Å². The molecule has 0 spiro atoms. The van der Waals surface area contributed by atoms with E-state index in [4.69, 9.17) is 21.4 Å². The van der Waals surface area contributed by atoms with Crippen LogP contribution in [0.2, 0.25) is 5.02 Å². The Morgan fingerprint density at radius 3 is 2.48 bits per heavy atom. The lowest BCUT2D eigenvalue weighted by atomic mass is 10.1. The minimum absolute atomic E-state index is 0.246. The van der Waals surface area contributed by atoms with E-state index in [2.05, 4.69) is 37.2 Å². The Hall–Kier alpha value is -2.69. The van der Waals surface area contributed by atoms with Gasteiger partial charge in [0, 0.05) is 5.02 Å². The van der Waals surface area contributed by atoms with Crippen LogP contribution in [-0.2, 0) is 14.4 Å². The number of aliphatic carboxylic acids is 1. The van der Waals surface area contributed by atoms with Crippen LogP contribution in [0.15, 0.2) is 44.9 Å². The Kier molecular flexibility index (Phi) is 6.83. The number of imide groups is 2. The predicted molar refractivity (Wildman–Crippen MR) is 120 cm³/mol. The van der Waals surface area contributed by atoms with Crippen molar-refractivity contribution < 1.29 is 29.0 Å². The molecule has 2 aromatic carbocycles. The van der Waals surface area contributed by atoms with Crippen LogP contribution in [-0.4, -0.2) is 35.5 Å². The molecule has 2 N–H and O–H groups in total. The maximum Gasteiger partial charge on any atom is 0.341 e. The number of rotatable bonds is 5. The quantitative estimate of drug-likeness (QED) is 0.408. The minimum Gasteiger partial charge on any atom is -0.480 e. The second-order valence-corrected chi connectivity index (χ2v) is 8.45. The van der Waals surface area contributed by atoms with E-state index >= 15 is 0 Å². The molecule has 0 atom stereocenters. The van der Waals surface area contributed by atoms with Crippen LogP contribution in [0.5, 0.6) is 5.75 Å². The van der Waals surface area contributed by atoms with E-state index in [9.17, 15) is 19.2 Å². The lowest BCUT2D eigenvalue weighted by Crippen LogP contribution is -2.54. The molecule has 4 amide bonds. The van der Waals surface area contributed by atoms with E-state index in [0.717, 1.165) is 4.90 Å². The van der Waals surface area contributed by atoms with E-state index in [1.807, 2.05) is 0 Å². The fourth-order valence-electron chi connectivity index (χ4n) is 2.82. The SMILES string of the molecule is Cc1c(Cl)cccc1N1C(=O)NC(=O)/C(=C\c2cc(Br)c(OCC(=O)O)c(Br)c2)C1=O. The van der Waals surface area contributed by atoms with Crippen LogP contribution in [0.25, 0.3) is 6.08 Å². The highest BCUT2D eigenvalue weighted by molar-refractivity contribution is 9.11. The molecule has 1 saturated heterocycles. The third-order valence-electron chi connectivity index (χ3n) is 4.25. The van der Waals surface area contributed by atoms with Gasteiger partial charge in [-0.3, -0.25) is 14.9 Å². The number of anilines is 1. The summed E-state index contributed by atoms with van der Waals surface area (Å²) < 4.78 is 6.00. The summed E-state index contributed by atoms with van der Waals surface area (Å²) in [5.74, 6) is -2.55. The molecule has 3 rings (SSSR count). The molecule has 1 fully saturated rings. The molecule has 8 nitrogen and oxygen atoms in total. The zero-order valence-corrected chi connectivity index (χ0v) is 19.7. The van der Waals surface area contributed by atoms with Crippen LogP contribution in [0.1, 0.15) is 11.1 Å². The molecule has 0 aromatic heterocycles. The lowest BCUT2D eigenvalue weighted by Gasteiger charge is -2.27. The summed E-state index contributed by atoms with van der Waals surface area (Å²) in [5.41, 5.74) is 0.925. The number of halogens is 3. The van der Waals surface area contributed by atoms with Gasteiger partial charge in [-0.25, -0.2) is 14.5 Å². The van der Waals surface area contributed by atoms with Crippen molar-refractivity contribution in [2.45, 2.75) is 6.92 Å². The van der Waals surface area contributed by atoms with Crippen molar-refractivity contribution in [1.82, 2.24) is 5.32 Å². The van der Waals surface area contributed by atoms with Crippen molar-refractivity contribution >= 4 is 79.0 Å². The molecule has 31 heavy (non-hydrogen) atoms. The molecule has 160 valence electrons. The van der Waals surface area contributed by atoms with Crippen LogP contribution < -0.4 is 15.0 Å². The predicted octanol–water partition coefficient (Wildman–Crippen LogP) is 4.30. The number of nitrogens with zero attached hydrogens (tertiary/aromatic N) is 1. The summed E-state index contributed by atoms with van der Waals surface area (Å²) in [5, 5.41) is 11.3. The molecule has 1 aliphatic rings. The average molecular weight is 573 g/mol. The summed E-state index contributed by atoms with van der Waals surface area (Å²) in [6, 6.07) is 6.97. The highest BCUT2D eigenvalue weighted by Gasteiger charge is 2.37. The molecular formula is C20H13Br2ClN2O6. The normalized spacial score (nSPS) is 15.3. The van der Waals surface area contributed by atoms with Crippen LogP contribution in [0, 0.1) is 6.92 Å². The summed E-state index contributed by atoms with van der Waals surface area (Å²) in [4.78, 5) is 49.4. The number of carboxylic acid groups (broad SMARTS) is 1. The van der Waals surface area contributed by atoms with Gasteiger partial charge in [-0.1, -0.05) is 17.7 Å². The topological polar surface area (TPSA) is 113 Å². The summed E-state index contributed by atoms with van der Waals surface area (Å²) in [6.07, 6.45) is 1.31. The zero-order valence-electron chi connectivity index (χ0n) is 15.7. The molecule has 1 aliphatic heterocycles. The minimum atomic E-state index is -1.14. The van der Waals surface area contributed by atoms with Gasteiger partial charge in [-0.05, 0) is 80.3 Å². The maximum absolute atomic E-state index is 13.0. The number of carbonyl (C=O) groups is 4. The molecule has 0 bridgehead atoms. The third kappa shape index (κ3) is 4.81. The maximum atomic E-state index is 13.0. The number of hydrogen-bond donors (Lipinski definition) is 2. The van der Waals surface area contributed by atoms with Gasteiger partial charge in [0.15, 0.2) is 6.61 Å². The highest BCUT2D eigenvalue weighted by Crippen LogP contribution is 2.36. The van der Waals surface area contributed by atoms with E-state index in [1.165, 1.54) is 6.08 Å². The van der Waals surface area contributed by atoms with Crippen molar-refractivity contribution in [2.24, 2.45) is 0 Å². The fraction of sp³-hybridized carbons (Fsp3) is 0.100. The molecule has 0 aliphatic carbocycles. The van der Waals surface area contributed by atoms with Crippen LogP contribution >= 0.6 is 43.5 Å². The van der Waals surface area contributed by atoms with Gasteiger partial charge in [0.1, 0.15) is 11.3 Å². The number of carboxylic acids is 1.